The zero-order valence-corrected chi connectivity index (χ0v) is 14.2. The number of unbranched alkanes of at least 4 members (excludes halogenated alkanes) is 1. The van der Waals surface area contributed by atoms with Crippen molar-refractivity contribution in [1.29, 1.82) is 0 Å². The van der Waals surface area contributed by atoms with Gasteiger partial charge in [-0.3, -0.25) is 0 Å². The Morgan fingerprint density at radius 3 is 2.48 bits per heavy atom. The summed E-state index contributed by atoms with van der Waals surface area (Å²) in [6.07, 6.45) is 3.86. The summed E-state index contributed by atoms with van der Waals surface area (Å²) in [5, 5.41) is 0. The average molecular weight is 290 g/mol. The molecule has 2 heteroatoms. The van der Waals surface area contributed by atoms with Gasteiger partial charge in [-0.1, -0.05) is 31.5 Å². The van der Waals surface area contributed by atoms with Gasteiger partial charge in [-0.05, 0) is 44.7 Å². The standard InChI is InChI=1S/C19H31NO/c1-15-7-8-19(18(4)12-15)21-10-6-5-9-20-13-16(2)11-17(3)14-20/h7-8,12,16-17H,5-6,9-11,13-14H2,1-4H3/p+1/t16-,17-/m1/s1. The number of quaternary nitrogens is 1. The molecule has 0 spiro atoms. The van der Waals surface area contributed by atoms with E-state index in [-0.39, 0.29) is 0 Å². The van der Waals surface area contributed by atoms with E-state index in [4.69, 9.17) is 4.74 Å². The van der Waals surface area contributed by atoms with Gasteiger partial charge in [0, 0.05) is 11.8 Å². The third-order valence-electron chi connectivity index (χ3n) is 4.59. The Kier molecular flexibility index (Phi) is 6.10. The van der Waals surface area contributed by atoms with E-state index in [9.17, 15) is 0 Å². The van der Waals surface area contributed by atoms with Crippen molar-refractivity contribution in [2.24, 2.45) is 11.8 Å². The maximum atomic E-state index is 5.91. The summed E-state index contributed by atoms with van der Waals surface area (Å²) in [7, 11) is 0. The molecule has 118 valence electrons. The molecule has 0 saturated carbocycles. The second kappa shape index (κ2) is 7.84. The summed E-state index contributed by atoms with van der Waals surface area (Å²) < 4.78 is 5.91. The molecule has 1 heterocycles. The lowest BCUT2D eigenvalue weighted by atomic mass is 9.92. The minimum atomic E-state index is 0.849. The first-order valence-electron chi connectivity index (χ1n) is 8.58. The number of likely N-dealkylation sites (tertiary alicyclic amines) is 1. The van der Waals surface area contributed by atoms with Crippen LogP contribution in [-0.2, 0) is 0 Å². The highest BCUT2D eigenvalue weighted by atomic mass is 16.5. The molecule has 1 aliphatic heterocycles. The fraction of sp³-hybridized carbons (Fsp3) is 0.684. The van der Waals surface area contributed by atoms with E-state index in [1.165, 1.54) is 50.0 Å². The maximum absolute atomic E-state index is 5.91. The van der Waals surface area contributed by atoms with E-state index < -0.39 is 0 Å². The molecule has 1 fully saturated rings. The second-order valence-electron chi connectivity index (χ2n) is 7.18. The van der Waals surface area contributed by atoms with Crippen LogP contribution < -0.4 is 9.64 Å². The maximum Gasteiger partial charge on any atom is 0.122 e. The van der Waals surface area contributed by atoms with Crippen LogP contribution in [0.3, 0.4) is 0 Å². The molecular weight excluding hydrogens is 258 g/mol. The number of benzene rings is 1. The molecule has 2 atom stereocenters. The highest BCUT2D eigenvalue weighted by Gasteiger charge is 2.24. The van der Waals surface area contributed by atoms with E-state index in [0.717, 1.165) is 24.2 Å². The van der Waals surface area contributed by atoms with E-state index in [0.29, 0.717) is 0 Å². The first kappa shape index (κ1) is 16.4. The van der Waals surface area contributed by atoms with Crippen LogP contribution in [0.5, 0.6) is 5.75 Å². The number of ether oxygens (including phenoxy) is 1. The molecule has 1 aromatic carbocycles. The first-order chi connectivity index (χ1) is 10.0. The van der Waals surface area contributed by atoms with Crippen molar-refractivity contribution in [2.75, 3.05) is 26.2 Å². The molecule has 1 aliphatic rings. The lowest BCUT2D eigenvalue weighted by molar-refractivity contribution is -0.912. The molecule has 21 heavy (non-hydrogen) atoms. The number of hydrogen-bond donors (Lipinski definition) is 1. The number of rotatable bonds is 6. The van der Waals surface area contributed by atoms with Crippen molar-refractivity contribution in [1.82, 2.24) is 0 Å². The van der Waals surface area contributed by atoms with E-state index in [1.54, 1.807) is 4.90 Å². The van der Waals surface area contributed by atoms with Crippen LogP contribution >= 0.6 is 0 Å². The van der Waals surface area contributed by atoms with Crippen LogP contribution in [0.2, 0.25) is 0 Å². The van der Waals surface area contributed by atoms with Crippen LogP contribution in [0.25, 0.3) is 0 Å². The molecule has 0 aromatic heterocycles. The Hall–Kier alpha value is -1.02. The Morgan fingerprint density at radius 2 is 1.81 bits per heavy atom. The average Bonchev–Trinajstić information content (AvgIpc) is 2.39. The molecule has 1 saturated heterocycles. The van der Waals surface area contributed by atoms with E-state index in [2.05, 4.69) is 45.9 Å². The topological polar surface area (TPSA) is 13.7 Å². The minimum absolute atomic E-state index is 0.849. The lowest BCUT2D eigenvalue weighted by Crippen LogP contribution is -3.14. The van der Waals surface area contributed by atoms with Crippen molar-refractivity contribution in [3.8, 4) is 5.75 Å². The predicted molar refractivity (Wildman–Crippen MR) is 89.2 cm³/mol. The van der Waals surface area contributed by atoms with Gasteiger partial charge in [0.15, 0.2) is 0 Å². The molecule has 1 aromatic rings. The van der Waals surface area contributed by atoms with Crippen molar-refractivity contribution < 1.29 is 9.64 Å². The molecule has 0 bridgehead atoms. The summed E-state index contributed by atoms with van der Waals surface area (Å²) >= 11 is 0. The number of aryl methyl sites for hydroxylation is 2. The Labute approximate surface area is 130 Å². The molecule has 1 N–H and O–H groups in total. The smallest absolute Gasteiger partial charge is 0.122 e. The highest BCUT2D eigenvalue weighted by molar-refractivity contribution is 5.35. The zero-order valence-electron chi connectivity index (χ0n) is 14.2. The Balaban J connectivity index is 1.63. The number of piperidine rings is 1. The van der Waals surface area contributed by atoms with Gasteiger partial charge < -0.3 is 9.64 Å². The van der Waals surface area contributed by atoms with Crippen LogP contribution in [0.1, 0.15) is 44.2 Å². The van der Waals surface area contributed by atoms with Gasteiger partial charge in [-0.2, -0.15) is 0 Å². The van der Waals surface area contributed by atoms with E-state index in [1.807, 2.05) is 0 Å². The molecule has 0 amide bonds. The monoisotopic (exact) mass is 290 g/mol. The van der Waals surface area contributed by atoms with Gasteiger partial charge >= 0.3 is 0 Å². The normalized spacial score (nSPS) is 25.8. The van der Waals surface area contributed by atoms with Crippen molar-refractivity contribution in [3.63, 3.8) is 0 Å². The van der Waals surface area contributed by atoms with Gasteiger partial charge in [-0.15, -0.1) is 0 Å². The highest BCUT2D eigenvalue weighted by Crippen LogP contribution is 2.18. The van der Waals surface area contributed by atoms with Crippen LogP contribution in [0.4, 0.5) is 0 Å². The summed E-state index contributed by atoms with van der Waals surface area (Å²) in [6, 6.07) is 6.42. The largest absolute Gasteiger partial charge is 0.493 e. The predicted octanol–water partition coefficient (Wildman–Crippen LogP) is 3.02. The summed E-state index contributed by atoms with van der Waals surface area (Å²) in [5.74, 6) is 2.85. The van der Waals surface area contributed by atoms with Gasteiger partial charge in [0.25, 0.3) is 0 Å². The fourth-order valence-electron chi connectivity index (χ4n) is 3.75. The number of hydrogen-bond acceptors (Lipinski definition) is 1. The minimum Gasteiger partial charge on any atom is -0.493 e. The molecule has 0 unspecified atom stereocenters. The van der Waals surface area contributed by atoms with Crippen molar-refractivity contribution in [3.05, 3.63) is 29.3 Å². The summed E-state index contributed by atoms with van der Waals surface area (Å²) in [6.45, 7) is 13.9. The molecule has 2 rings (SSSR count). The fourth-order valence-corrected chi connectivity index (χ4v) is 3.75. The summed E-state index contributed by atoms with van der Waals surface area (Å²) in [5.41, 5.74) is 2.55. The van der Waals surface area contributed by atoms with Crippen LogP contribution in [0.15, 0.2) is 18.2 Å². The summed E-state index contributed by atoms with van der Waals surface area (Å²) in [4.78, 5) is 1.80. The third-order valence-corrected chi connectivity index (χ3v) is 4.59. The molecule has 0 aliphatic carbocycles. The van der Waals surface area contributed by atoms with E-state index >= 15 is 0 Å². The lowest BCUT2D eigenvalue weighted by Gasteiger charge is -2.32. The quantitative estimate of drug-likeness (QED) is 0.795. The van der Waals surface area contributed by atoms with Gasteiger partial charge in [0.2, 0.25) is 0 Å². The van der Waals surface area contributed by atoms with Gasteiger partial charge in [0.05, 0.1) is 26.2 Å². The van der Waals surface area contributed by atoms with Crippen LogP contribution in [-0.4, -0.2) is 26.2 Å². The second-order valence-corrected chi connectivity index (χ2v) is 7.18. The Morgan fingerprint density at radius 1 is 1.10 bits per heavy atom. The zero-order chi connectivity index (χ0) is 15.2. The third kappa shape index (κ3) is 5.35. The molecular formula is C19H32NO+. The Bertz CT molecular complexity index is 433. The van der Waals surface area contributed by atoms with Crippen molar-refractivity contribution in [2.45, 2.75) is 47.0 Å². The van der Waals surface area contributed by atoms with Crippen LogP contribution in [0, 0.1) is 25.7 Å². The molecule has 0 radical (unpaired) electrons. The molecule has 2 nitrogen and oxygen atoms in total. The van der Waals surface area contributed by atoms with Gasteiger partial charge in [0.1, 0.15) is 5.75 Å². The number of nitrogens with one attached hydrogen (secondary N) is 1. The SMILES string of the molecule is Cc1ccc(OCCCC[NH+]2C[C@H](C)C[C@@H](C)C2)c(C)c1. The first-order valence-corrected chi connectivity index (χ1v) is 8.58. The van der Waals surface area contributed by atoms with Crippen molar-refractivity contribution >= 4 is 0 Å². The van der Waals surface area contributed by atoms with Gasteiger partial charge in [-0.25, -0.2) is 0 Å².